The Bertz CT molecular complexity index is 358. The summed E-state index contributed by atoms with van der Waals surface area (Å²) in [6.07, 6.45) is 4.32. The lowest BCUT2D eigenvalue weighted by Crippen LogP contribution is -2.50. The van der Waals surface area contributed by atoms with Crippen LogP contribution in [0.2, 0.25) is 0 Å². The van der Waals surface area contributed by atoms with E-state index < -0.39 is 11.4 Å². The third-order valence-corrected chi connectivity index (χ3v) is 4.35. The Hall–Kier alpha value is -1.26. The average molecular weight is 268 g/mol. The van der Waals surface area contributed by atoms with Gasteiger partial charge in [0.2, 0.25) is 0 Å². The van der Waals surface area contributed by atoms with Crippen LogP contribution in [0.25, 0.3) is 0 Å². The van der Waals surface area contributed by atoms with E-state index in [9.17, 15) is 14.7 Å². The van der Waals surface area contributed by atoms with Crippen molar-refractivity contribution in [2.75, 3.05) is 19.6 Å². The maximum atomic E-state index is 12.5. The highest BCUT2D eigenvalue weighted by molar-refractivity contribution is 5.77. The second-order valence-electron chi connectivity index (χ2n) is 6.06. The number of likely N-dealkylation sites (tertiary alicyclic amines) is 1. The molecule has 0 aromatic carbocycles. The first-order valence-electron chi connectivity index (χ1n) is 7.27. The molecule has 19 heavy (non-hydrogen) atoms. The molecular weight excluding hydrogens is 244 g/mol. The lowest BCUT2D eigenvalue weighted by molar-refractivity contribution is -0.150. The van der Waals surface area contributed by atoms with Crippen LogP contribution in [0.4, 0.5) is 4.79 Å². The molecule has 2 aliphatic rings. The van der Waals surface area contributed by atoms with E-state index >= 15 is 0 Å². The van der Waals surface area contributed by atoms with E-state index in [0.29, 0.717) is 32.0 Å². The largest absolute Gasteiger partial charge is 0.481 e. The second kappa shape index (κ2) is 5.39. The number of carboxylic acid groups (broad SMARTS) is 1. The van der Waals surface area contributed by atoms with E-state index in [1.807, 2.05) is 9.80 Å². The molecule has 0 aromatic rings. The standard InChI is InChI=1S/C14H24N2O3/c1-3-8-16(11-4-5-11)13(19)15-9-6-14(2,7-10-15)12(17)18/h11H,3-10H2,1-2H3,(H,17,18). The predicted molar refractivity (Wildman–Crippen MR) is 72.0 cm³/mol. The number of rotatable bonds is 4. The molecule has 1 saturated carbocycles. The Morgan fingerprint density at radius 1 is 1.32 bits per heavy atom. The van der Waals surface area contributed by atoms with E-state index in [0.717, 1.165) is 25.8 Å². The van der Waals surface area contributed by atoms with Crippen molar-refractivity contribution in [3.8, 4) is 0 Å². The summed E-state index contributed by atoms with van der Waals surface area (Å²) in [6, 6.07) is 0.539. The van der Waals surface area contributed by atoms with Gasteiger partial charge in [0, 0.05) is 25.7 Å². The smallest absolute Gasteiger partial charge is 0.320 e. The van der Waals surface area contributed by atoms with Gasteiger partial charge >= 0.3 is 12.0 Å². The molecule has 1 aliphatic heterocycles. The topological polar surface area (TPSA) is 60.9 Å². The summed E-state index contributed by atoms with van der Waals surface area (Å²) in [6.45, 7) is 5.81. The molecule has 2 rings (SSSR count). The first kappa shape index (κ1) is 14.2. The predicted octanol–water partition coefficient (Wildman–Crippen LogP) is 2.17. The van der Waals surface area contributed by atoms with Gasteiger partial charge in [-0.1, -0.05) is 6.92 Å². The normalized spacial score (nSPS) is 22.1. The third kappa shape index (κ3) is 3.01. The van der Waals surface area contributed by atoms with E-state index in [1.165, 1.54) is 0 Å². The van der Waals surface area contributed by atoms with Crippen molar-refractivity contribution in [3.63, 3.8) is 0 Å². The van der Waals surface area contributed by atoms with Crippen LogP contribution < -0.4 is 0 Å². The summed E-state index contributed by atoms with van der Waals surface area (Å²) in [4.78, 5) is 27.5. The highest BCUT2D eigenvalue weighted by Crippen LogP contribution is 2.33. The Labute approximate surface area is 114 Å². The molecule has 2 amide bonds. The number of urea groups is 1. The number of carbonyl (C=O) groups excluding carboxylic acids is 1. The quantitative estimate of drug-likeness (QED) is 0.850. The minimum atomic E-state index is -0.743. The molecule has 1 N–H and O–H groups in total. The van der Waals surface area contributed by atoms with Gasteiger partial charge in [0.05, 0.1) is 5.41 Å². The number of carboxylic acids is 1. The number of aliphatic carboxylic acids is 1. The van der Waals surface area contributed by atoms with Gasteiger partial charge in [0.25, 0.3) is 0 Å². The van der Waals surface area contributed by atoms with Gasteiger partial charge in [-0.2, -0.15) is 0 Å². The Morgan fingerprint density at radius 2 is 1.89 bits per heavy atom. The number of carbonyl (C=O) groups is 2. The lowest BCUT2D eigenvalue weighted by Gasteiger charge is -2.39. The molecule has 1 aliphatic carbocycles. The zero-order valence-corrected chi connectivity index (χ0v) is 11.9. The molecule has 0 radical (unpaired) electrons. The second-order valence-corrected chi connectivity index (χ2v) is 6.06. The van der Waals surface area contributed by atoms with Crippen molar-refractivity contribution < 1.29 is 14.7 Å². The fourth-order valence-corrected chi connectivity index (χ4v) is 2.65. The summed E-state index contributed by atoms with van der Waals surface area (Å²) in [5.41, 5.74) is -0.661. The number of hydrogen-bond acceptors (Lipinski definition) is 2. The molecule has 108 valence electrons. The Kier molecular flexibility index (Phi) is 4.02. The summed E-state index contributed by atoms with van der Waals surface area (Å²) < 4.78 is 0. The third-order valence-electron chi connectivity index (χ3n) is 4.35. The number of amides is 2. The van der Waals surface area contributed by atoms with E-state index in [1.54, 1.807) is 6.92 Å². The van der Waals surface area contributed by atoms with Crippen molar-refractivity contribution in [2.45, 2.75) is 52.0 Å². The van der Waals surface area contributed by atoms with E-state index in [2.05, 4.69) is 6.92 Å². The van der Waals surface area contributed by atoms with Crippen molar-refractivity contribution in [1.82, 2.24) is 9.80 Å². The summed E-state index contributed by atoms with van der Waals surface area (Å²) in [5.74, 6) is -0.743. The van der Waals surface area contributed by atoms with Crippen LogP contribution in [0, 0.1) is 5.41 Å². The maximum Gasteiger partial charge on any atom is 0.320 e. The van der Waals surface area contributed by atoms with Crippen LogP contribution >= 0.6 is 0 Å². The van der Waals surface area contributed by atoms with Gasteiger partial charge in [0.1, 0.15) is 0 Å². The van der Waals surface area contributed by atoms with Crippen LogP contribution in [0.15, 0.2) is 0 Å². The molecule has 1 heterocycles. The van der Waals surface area contributed by atoms with Crippen molar-refractivity contribution in [1.29, 1.82) is 0 Å². The monoisotopic (exact) mass is 268 g/mol. The number of piperidine rings is 1. The molecule has 0 unspecified atom stereocenters. The van der Waals surface area contributed by atoms with Crippen molar-refractivity contribution >= 4 is 12.0 Å². The molecule has 0 aromatic heterocycles. The van der Waals surface area contributed by atoms with Gasteiger partial charge in [-0.25, -0.2) is 4.79 Å². The highest BCUT2D eigenvalue weighted by atomic mass is 16.4. The molecule has 5 nitrogen and oxygen atoms in total. The summed E-state index contributed by atoms with van der Waals surface area (Å²) in [7, 11) is 0. The van der Waals surface area contributed by atoms with Crippen LogP contribution in [-0.4, -0.2) is 52.6 Å². The van der Waals surface area contributed by atoms with E-state index in [4.69, 9.17) is 0 Å². The maximum absolute atomic E-state index is 12.5. The van der Waals surface area contributed by atoms with Gasteiger partial charge in [-0.3, -0.25) is 4.79 Å². The van der Waals surface area contributed by atoms with Crippen LogP contribution in [0.1, 0.15) is 46.0 Å². The first-order valence-corrected chi connectivity index (χ1v) is 7.27. The average Bonchev–Trinajstić information content (AvgIpc) is 3.20. The molecule has 0 atom stereocenters. The zero-order valence-electron chi connectivity index (χ0n) is 11.9. The fourth-order valence-electron chi connectivity index (χ4n) is 2.65. The van der Waals surface area contributed by atoms with Gasteiger partial charge in [0.15, 0.2) is 0 Å². The molecule has 0 bridgehead atoms. The Morgan fingerprint density at radius 3 is 2.32 bits per heavy atom. The lowest BCUT2D eigenvalue weighted by atomic mass is 9.80. The highest BCUT2D eigenvalue weighted by Gasteiger charge is 2.40. The number of nitrogens with zero attached hydrogens (tertiary/aromatic N) is 2. The SMILES string of the molecule is CCCN(C(=O)N1CCC(C)(C(=O)O)CC1)C1CC1. The van der Waals surface area contributed by atoms with Gasteiger partial charge < -0.3 is 14.9 Å². The molecule has 0 spiro atoms. The minimum absolute atomic E-state index is 0.108. The summed E-state index contributed by atoms with van der Waals surface area (Å²) in [5, 5.41) is 9.20. The Balaban J connectivity index is 1.93. The molecule has 1 saturated heterocycles. The van der Waals surface area contributed by atoms with Crippen molar-refractivity contribution in [3.05, 3.63) is 0 Å². The van der Waals surface area contributed by atoms with Gasteiger partial charge in [-0.05, 0) is 39.0 Å². The van der Waals surface area contributed by atoms with Crippen LogP contribution in [-0.2, 0) is 4.79 Å². The van der Waals surface area contributed by atoms with Crippen LogP contribution in [0.5, 0.6) is 0 Å². The van der Waals surface area contributed by atoms with Crippen molar-refractivity contribution in [2.24, 2.45) is 5.41 Å². The number of hydrogen-bond donors (Lipinski definition) is 1. The van der Waals surface area contributed by atoms with Gasteiger partial charge in [-0.15, -0.1) is 0 Å². The zero-order chi connectivity index (χ0) is 14.0. The molecule has 5 heteroatoms. The summed E-state index contributed by atoms with van der Waals surface area (Å²) >= 11 is 0. The first-order chi connectivity index (χ1) is 8.98. The van der Waals surface area contributed by atoms with Crippen LogP contribution in [0.3, 0.4) is 0 Å². The van der Waals surface area contributed by atoms with E-state index in [-0.39, 0.29) is 6.03 Å². The fraction of sp³-hybridized carbons (Fsp3) is 0.857. The minimum Gasteiger partial charge on any atom is -0.481 e. The molecular formula is C14H24N2O3. The molecule has 2 fully saturated rings.